The fourth-order valence-electron chi connectivity index (χ4n) is 2.09. The van der Waals surface area contributed by atoms with Crippen LogP contribution in [0.25, 0.3) is 0 Å². The Morgan fingerprint density at radius 3 is 2.46 bits per heavy atom. The van der Waals surface area contributed by atoms with Gasteiger partial charge in [-0.25, -0.2) is 4.79 Å². The standard InChI is InChI=1S/C19H27NO4/c1-4-24-19(22)17(14-20(2)3)18(21)12-8-9-13-23-15-16-10-6-5-7-11-16/h5-7,10-11,14H,4,8-9,12-13,15H2,1-3H3/b17-14+. The third-order valence-corrected chi connectivity index (χ3v) is 3.24. The molecule has 0 radical (unpaired) electrons. The van der Waals surface area contributed by atoms with E-state index >= 15 is 0 Å². The first-order valence-corrected chi connectivity index (χ1v) is 8.24. The molecule has 24 heavy (non-hydrogen) atoms. The molecule has 0 aromatic heterocycles. The number of carbonyl (C=O) groups is 2. The summed E-state index contributed by atoms with van der Waals surface area (Å²) in [5.41, 5.74) is 1.24. The van der Waals surface area contributed by atoms with Crippen LogP contribution in [-0.2, 0) is 25.7 Å². The molecule has 1 rings (SSSR count). The number of Topliss-reactive ketones (excluding diaryl/α,β-unsaturated/α-hetero) is 1. The van der Waals surface area contributed by atoms with Crippen LogP contribution in [0, 0.1) is 0 Å². The van der Waals surface area contributed by atoms with Gasteiger partial charge in [0.15, 0.2) is 5.78 Å². The van der Waals surface area contributed by atoms with Gasteiger partial charge in [0.05, 0.1) is 13.2 Å². The predicted molar refractivity (Wildman–Crippen MR) is 93.4 cm³/mol. The summed E-state index contributed by atoms with van der Waals surface area (Å²) in [5.74, 6) is -0.748. The van der Waals surface area contributed by atoms with E-state index < -0.39 is 5.97 Å². The molecule has 1 aromatic carbocycles. The number of ether oxygens (including phenoxy) is 2. The molecule has 0 spiro atoms. The van der Waals surface area contributed by atoms with E-state index in [1.807, 2.05) is 30.3 Å². The van der Waals surface area contributed by atoms with E-state index in [0.29, 0.717) is 26.1 Å². The molecule has 132 valence electrons. The largest absolute Gasteiger partial charge is 0.462 e. The minimum Gasteiger partial charge on any atom is -0.462 e. The van der Waals surface area contributed by atoms with Gasteiger partial charge < -0.3 is 14.4 Å². The Morgan fingerprint density at radius 2 is 1.83 bits per heavy atom. The Kier molecular flexibility index (Phi) is 9.46. The van der Waals surface area contributed by atoms with Gasteiger partial charge in [-0.3, -0.25) is 4.79 Å². The van der Waals surface area contributed by atoms with Gasteiger partial charge in [0, 0.05) is 33.3 Å². The zero-order valence-electron chi connectivity index (χ0n) is 14.8. The highest BCUT2D eigenvalue weighted by Crippen LogP contribution is 2.09. The zero-order chi connectivity index (χ0) is 17.8. The molecule has 0 aliphatic carbocycles. The lowest BCUT2D eigenvalue weighted by Gasteiger charge is -2.10. The molecule has 1 aromatic rings. The molecule has 0 atom stereocenters. The SMILES string of the molecule is CCOC(=O)/C(=C/N(C)C)C(=O)CCCCOCc1ccccc1. The summed E-state index contributed by atoms with van der Waals surface area (Å²) in [6.07, 6.45) is 3.29. The van der Waals surface area contributed by atoms with E-state index in [9.17, 15) is 9.59 Å². The predicted octanol–water partition coefficient (Wildman–Crippen LogP) is 2.95. The van der Waals surface area contributed by atoms with Crippen molar-refractivity contribution in [3.63, 3.8) is 0 Å². The number of nitrogens with zero attached hydrogens (tertiary/aromatic N) is 1. The molecule has 0 aliphatic heterocycles. The zero-order valence-corrected chi connectivity index (χ0v) is 14.8. The highest BCUT2D eigenvalue weighted by molar-refractivity contribution is 6.17. The number of benzene rings is 1. The molecular formula is C19H27NO4. The van der Waals surface area contributed by atoms with Crippen molar-refractivity contribution < 1.29 is 19.1 Å². The highest BCUT2D eigenvalue weighted by Gasteiger charge is 2.19. The number of unbranched alkanes of at least 4 members (excludes halogenated alkanes) is 1. The van der Waals surface area contributed by atoms with Gasteiger partial charge >= 0.3 is 5.97 Å². The summed E-state index contributed by atoms with van der Waals surface area (Å²) in [6, 6.07) is 9.95. The van der Waals surface area contributed by atoms with Crippen molar-refractivity contribution in [1.82, 2.24) is 4.90 Å². The lowest BCUT2D eigenvalue weighted by atomic mass is 10.1. The molecule has 0 heterocycles. The smallest absolute Gasteiger partial charge is 0.343 e. The number of esters is 1. The summed E-state index contributed by atoms with van der Waals surface area (Å²) in [6.45, 7) is 3.14. The lowest BCUT2D eigenvalue weighted by molar-refractivity contribution is -0.140. The maximum Gasteiger partial charge on any atom is 0.343 e. The van der Waals surface area contributed by atoms with Crippen molar-refractivity contribution in [2.75, 3.05) is 27.3 Å². The van der Waals surface area contributed by atoms with Crippen LogP contribution in [0.4, 0.5) is 0 Å². The summed E-state index contributed by atoms with van der Waals surface area (Å²) in [5, 5.41) is 0. The van der Waals surface area contributed by atoms with Crippen LogP contribution >= 0.6 is 0 Å². The molecule has 5 heteroatoms. The van der Waals surface area contributed by atoms with E-state index in [2.05, 4.69) is 0 Å². The Hall–Kier alpha value is -2.14. The second-order valence-electron chi connectivity index (χ2n) is 5.65. The highest BCUT2D eigenvalue weighted by atomic mass is 16.5. The minimum absolute atomic E-state index is 0.104. The van der Waals surface area contributed by atoms with Gasteiger partial charge in [0.25, 0.3) is 0 Å². The van der Waals surface area contributed by atoms with Gasteiger partial charge in [-0.05, 0) is 25.3 Å². The van der Waals surface area contributed by atoms with Crippen molar-refractivity contribution in [3.05, 3.63) is 47.7 Å². The molecule has 0 unspecified atom stereocenters. The minimum atomic E-state index is -0.559. The van der Waals surface area contributed by atoms with Crippen LogP contribution < -0.4 is 0 Å². The topological polar surface area (TPSA) is 55.8 Å². The maximum atomic E-state index is 12.2. The average molecular weight is 333 g/mol. The number of ketones is 1. The van der Waals surface area contributed by atoms with Gasteiger partial charge in [0.2, 0.25) is 0 Å². The van der Waals surface area contributed by atoms with E-state index in [1.165, 1.54) is 6.20 Å². The second-order valence-corrected chi connectivity index (χ2v) is 5.65. The van der Waals surface area contributed by atoms with Crippen LogP contribution in [0.15, 0.2) is 42.1 Å². The molecule has 0 saturated carbocycles. The Bertz CT molecular complexity index is 538. The molecule has 0 bridgehead atoms. The molecule has 0 N–H and O–H groups in total. The molecule has 0 saturated heterocycles. The average Bonchev–Trinajstić information content (AvgIpc) is 2.56. The van der Waals surface area contributed by atoms with Crippen LogP contribution in [0.1, 0.15) is 31.7 Å². The summed E-state index contributed by atoms with van der Waals surface area (Å²) in [4.78, 5) is 25.7. The first-order chi connectivity index (χ1) is 11.5. The van der Waals surface area contributed by atoms with Gasteiger partial charge in [-0.2, -0.15) is 0 Å². The Labute approximate surface area is 144 Å². The Balaban J connectivity index is 2.31. The number of hydrogen-bond donors (Lipinski definition) is 0. The first-order valence-electron chi connectivity index (χ1n) is 8.24. The van der Waals surface area contributed by atoms with Crippen LogP contribution in [0.5, 0.6) is 0 Å². The monoisotopic (exact) mass is 333 g/mol. The quantitative estimate of drug-likeness (QED) is 0.205. The van der Waals surface area contributed by atoms with E-state index in [1.54, 1.807) is 25.9 Å². The normalized spacial score (nSPS) is 11.2. The van der Waals surface area contributed by atoms with Crippen molar-refractivity contribution in [2.24, 2.45) is 0 Å². The second kappa shape index (κ2) is 11.4. The van der Waals surface area contributed by atoms with Gasteiger partial charge in [0.1, 0.15) is 5.57 Å². The number of rotatable bonds is 11. The molecule has 0 amide bonds. The van der Waals surface area contributed by atoms with E-state index in [-0.39, 0.29) is 18.0 Å². The third-order valence-electron chi connectivity index (χ3n) is 3.24. The number of hydrogen-bond acceptors (Lipinski definition) is 5. The fourth-order valence-corrected chi connectivity index (χ4v) is 2.09. The van der Waals surface area contributed by atoms with Crippen molar-refractivity contribution in [3.8, 4) is 0 Å². The molecular weight excluding hydrogens is 306 g/mol. The Morgan fingerprint density at radius 1 is 1.12 bits per heavy atom. The number of carbonyl (C=O) groups excluding carboxylic acids is 2. The van der Waals surface area contributed by atoms with Crippen LogP contribution in [0.3, 0.4) is 0 Å². The van der Waals surface area contributed by atoms with Crippen molar-refractivity contribution in [1.29, 1.82) is 0 Å². The van der Waals surface area contributed by atoms with Crippen molar-refractivity contribution >= 4 is 11.8 Å². The van der Waals surface area contributed by atoms with E-state index in [0.717, 1.165) is 12.0 Å². The van der Waals surface area contributed by atoms with Gasteiger partial charge in [-0.15, -0.1) is 0 Å². The first kappa shape index (κ1) is 19.9. The van der Waals surface area contributed by atoms with Crippen LogP contribution in [0.2, 0.25) is 0 Å². The fraction of sp³-hybridized carbons (Fsp3) is 0.474. The maximum absolute atomic E-state index is 12.2. The van der Waals surface area contributed by atoms with Crippen LogP contribution in [-0.4, -0.2) is 44.0 Å². The summed E-state index contributed by atoms with van der Waals surface area (Å²) >= 11 is 0. The molecule has 5 nitrogen and oxygen atoms in total. The summed E-state index contributed by atoms with van der Waals surface area (Å²) < 4.78 is 10.5. The van der Waals surface area contributed by atoms with E-state index in [4.69, 9.17) is 9.47 Å². The molecule has 0 aliphatic rings. The van der Waals surface area contributed by atoms with Crippen molar-refractivity contribution in [2.45, 2.75) is 32.8 Å². The summed E-state index contributed by atoms with van der Waals surface area (Å²) in [7, 11) is 3.54. The lowest BCUT2D eigenvalue weighted by Crippen LogP contribution is -2.19. The molecule has 0 fully saturated rings. The third kappa shape index (κ3) is 7.92. The van der Waals surface area contributed by atoms with Gasteiger partial charge in [-0.1, -0.05) is 30.3 Å².